The molecule has 3 rings (SSSR count). The van der Waals surface area contributed by atoms with Crippen molar-refractivity contribution in [3.63, 3.8) is 0 Å². The smallest absolute Gasteiger partial charge is 0.245 e. The number of benzene rings is 1. The van der Waals surface area contributed by atoms with Crippen molar-refractivity contribution in [2.24, 2.45) is 0 Å². The Morgan fingerprint density at radius 2 is 2.14 bits per heavy atom. The molecule has 0 saturated carbocycles. The van der Waals surface area contributed by atoms with Crippen LogP contribution in [0.3, 0.4) is 0 Å². The minimum absolute atomic E-state index is 0.0591. The summed E-state index contributed by atoms with van der Waals surface area (Å²) in [5, 5.41) is 3.99. The Kier molecular flexibility index (Phi) is 4.18. The number of sulfonamides is 1. The first-order valence-corrected chi connectivity index (χ1v) is 8.46. The summed E-state index contributed by atoms with van der Waals surface area (Å²) in [5.41, 5.74) is 0. The van der Waals surface area contributed by atoms with Gasteiger partial charge >= 0.3 is 0 Å². The predicted molar refractivity (Wildman–Crippen MR) is 77.9 cm³/mol. The van der Waals surface area contributed by atoms with Crippen LogP contribution < -0.4 is 0 Å². The van der Waals surface area contributed by atoms with E-state index in [4.69, 9.17) is 20.9 Å². The lowest BCUT2D eigenvalue weighted by molar-refractivity contribution is 0.0282. The van der Waals surface area contributed by atoms with Crippen LogP contribution in [0.4, 0.5) is 0 Å². The van der Waals surface area contributed by atoms with Gasteiger partial charge in [0, 0.05) is 13.5 Å². The molecular weight excluding hydrogens is 330 g/mol. The van der Waals surface area contributed by atoms with Crippen LogP contribution in [0.2, 0.25) is 5.02 Å². The third kappa shape index (κ3) is 2.74. The van der Waals surface area contributed by atoms with Gasteiger partial charge in [0.15, 0.2) is 5.82 Å². The largest absolute Gasteiger partial charge is 0.378 e. The van der Waals surface area contributed by atoms with Crippen molar-refractivity contribution in [2.75, 3.05) is 19.8 Å². The van der Waals surface area contributed by atoms with Gasteiger partial charge in [-0.05, 0) is 12.1 Å². The summed E-state index contributed by atoms with van der Waals surface area (Å²) in [5.74, 6) is 0.656. The molecule has 0 aliphatic carbocycles. The lowest BCUT2D eigenvalue weighted by atomic mass is 10.2. The Hall–Kier alpha value is -1.48. The first kappa shape index (κ1) is 15.4. The highest BCUT2D eigenvalue weighted by Gasteiger charge is 2.38. The van der Waals surface area contributed by atoms with Crippen molar-refractivity contribution in [1.29, 1.82) is 0 Å². The molecule has 0 bridgehead atoms. The van der Waals surface area contributed by atoms with Crippen molar-refractivity contribution in [3.05, 3.63) is 41.0 Å². The summed E-state index contributed by atoms with van der Waals surface area (Å²) < 4.78 is 37.4. The molecule has 7 nitrogen and oxygen atoms in total. The highest BCUT2D eigenvalue weighted by Crippen LogP contribution is 2.31. The Balaban J connectivity index is 2.02. The van der Waals surface area contributed by atoms with Gasteiger partial charge in [0.2, 0.25) is 15.9 Å². The van der Waals surface area contributed by atoms with Gasteiger partial charge in [-0.25, -0.2) is 8.42 Å². The van der Waals surface area contributed by atoms with Crippen LogP contribution in [-0.4, -0.2) is 42.6 Å². The van der Waals surface area contributed by atoms with E-state index >= 15 is 0 Å². The lowest BCUT2D eigenvalue weighted by Crippen LogP contribution is -2.43. The van der Waals surface area contributed by atoms with Crippen molar-refractivity contribution >= 4 is 21.6 Å². The van der Waals surface area contributed by atoms with Crippen molar-refractivity contribution in [2.45, 2.75) is 17.9 Å². The number of rotatable bonds is 3. The average molecular weight is 344 g/mol. The van der Waals surface area contributed by atoms with Crippen LogP contribution in [0, 0.1) is 6.92 Å². The van der Waals surface area contributed by atoms with E-state index in [1.165, 1.54) is 10.4 Å². The van der Waals surface area contributed by atoms with E-state index in [1.807, 2.05) is 0 Å². The van der Waals surface area contributed by atoms with Gasteiger partial charge in [-0.1, -0.05) is 28.9 Å². The maximum atomic E-state index is 12.9. The number of morpholine rings is 1. The van der Waals surface area contributed by atoms with Gasteiger partial charge in [-0.3, -0.25) is 0 Å². The van der Waals surface area contributed by atoms with Gasteiger partial charge < -0.3 is 9.26 Å². The molecule has 1 aromatic carbocycles. The highest BCUT2D eigenvalue weighted by molar-refractivity contribution is 7.89. The zero-order chi connectivity index (χ0) is 15.7. The fourth-order valence-electron chi connectivity index (χ4n) is 2.31. The van der Waals surface area contributed by atoms with Gasteiger partial charge in [0.05, 0.1) is 18.2 Å². The van der Waals surface area contributed by atoms with Crippen molar-refractivity contribution in [1.82, 2.24) is 14.4 Å². The van der Waals surface area contributed by atoms with Crippen LogP contribution >= 0.6 is 11.6 Å². The molecule has 1 fully saturated rings. The van der Waals surface area contributed by atoms with E-state index in [0.717, 1.165) is 0 Å². The highest BCUT2D eigenvalue weighted by atomic mass is 35.5. The Labute approximate surface area is 132 Å². The minimum Gasteiger partial charge on any atom is -0.378 e. The first-order chi connectivity index (χ1) is 10.5. The number of hydrogen-bond donors (Lipinski definition) is 0. The first-order valence-electron chi connectivity index (χ1n) is 6.64. The Morgan fingerprint density at radius 3 is 2.82 bits per heavy atom. The van der Waals surface area contributed by atoms with Crippen LogP contribution in [0.5, 0.6) is 0 Å². The quantitative estimate of drug-likeness (QED) is 0.844. The molecular formula is C13H14ClN3O4S. The number of halogens is 1. The number of hydrogen-bond acceptors (Lipinski definition) is 6. The molecule has 0 N–H and O–H groups in total. The number of ether oxygens (including phenoxy) is 1. The van der Waals surface area contributed by atoms with Crippen LogP contribution in [0.15, 0.2) is 33.7 Å². The van der Waals surface area contributed by atoms with E-state index < -0.39 is 16.1 Å². The van der Waals surface area contributed by atoms with E-state index in [1.54, 1.807) is 25.1 Å². The SMILES string of the molecule is Cc1nc([C@H]2COCCN2S(=O)(=O)c2ccccc2Cl)no1. The fraction of sp³-hybridized carbons (Fsp3) is 0.385. The topological polar surface area (TPSA) is 85.5 Å². The van der Waals surface area contributed by atoms with Gasteiger partial charge in [0.1, 0.15) is 10.9 Å². The number of nitrogens with zero attached hydrogens (tertiary/aromatic N) is 3. The zero-order valence-electron chi connectivity index (χ0n) is 11.8. The molecule has 22 heavy (non-hydrogen) atoms. The number of aromatic nitrogens is 2. The maximum absolute atomic E-state index is 12.9. The molecule has 0 amide bonds. The average Bonchev–Trinajstić information content (AvgIpc) is 2.94. The minimum atomic E-state index is -3.78. The molecule has 0 radical (unpaired) electrons. The predicted octanol–water partition coefficient (Wildman–Crippen LogP) is 1.79. The summed E-state index contributed by atoms with van der Waals surface area (Å²) in [6.45, 7) is 2.32. The molecule has 0 unspecified atom stereocenters. The van der Waals surface area contributed by atoms with E-state index in [0.29, 0.717) is 12.5 Å². The van der Waals surface area contributed by atoms with Gasteiger partial charge in [-0.2, -0.15) is 9.29 Å². The maximum Gasteiger partial charge on any atom is 0.245 e. The van der Waals surface area contributed by atoms with E-state index in [2.05, 4.69) is 10.1 Å². The summed E-state index contributed by atoms with van der Waals surface area (Å²) in [6, 6.07) is 5.70. The third-order valence-corrected chi connectivity index (χ3v) is 5.75. The van der Waals surface area contributed by atoms with Crippen LogP contribution in [0.25, 0.3) is 0 Å². The van der Waals surface area contributed by atoms with Crippen molar-refractivity contribution in [3.8, 4) is 0 Å². The second kappa shape index (κ2) is 5.96. The van der Waals surface area contributed by atoms with E-state index in [9.17, 15) is 8.42 Å². The fourth-order valence-corrected chi connectivity index (χ4v) is 4.36. The summed E-state index contributed by atoms with van der Waals surface area (Å²) in [6.07, 6.45) is 0. The second-order valence-electron chi connectivity index (χ2n) is 4.81. The van der Waals surface area contributed by atoms with E-state index in [-0.39, 0.29) is 28.9 Å². The van der Waals surface area contributed by atoms with Gasteiger partial charge in [0.25, 0.3) is 0 Å². The Bertz CT molecular complexity index is 777. The lowest BCUT2D eigenvalue weighted by Gasteiger charge is -2.32. The molecule has 9 heteroatoms. The van der Waals surface area contributed by atoms with Crippen molar-refractivity contribution < 1.29 is 17.7 Å². The monoisotopic (exact) mass is 343 g/mol. The molecule has 1 atom stereocenters. The Morgan fingerprint density at radius 1 is 1.36 bits per heavy atom. The number of aryl methyl sites for hydroxylation is 1. The summed E-state index contributed by atoms with van der Waals surface area (Å²) >= 11 is 6.04. The van der Waals surface area contributed by atoms with Crippen LogP contribution in [-0.2, 0) is 14.8 Å². The summed E-state index contributed by atoms with van der Waals surface area (Å²) in [4.78, 5) is 4.18. The molecule has 0 spiro atoms. The molecule has 1 aromatic heterocycles. The molecule has 1 saturated heterocycles. The molecule has 1 aliphatic rings. The molecule has 1 aliphatic heterocycles. The normalized spacial score (nSPS) is 20.2. The zero-order valence-corrected chi connectivity index (χ0v) is 13.3. The molecule has 2 heterocycles. The third-order valence-electron chi connectivity index (χ3n) is 3.34. The standard InChI is InChI=1S/C13H14ClN3O4S/c1-9-15-13(16-21-9)11-8-20-7-6-17(11)22(18,19)12-5-3-2-4-10(12)14/h2-5,11H,6-8H2,1H3/t11-/m1/s1. The van der Waals surface area contributed by atoms with Gasteiger partial charge in [-0.15, -0.1) is 0 Å². The second-order valence-corrected chi connectivity index (χ2v) is 7.07. The summed E-state index contributed by atoms with van der Waals surface area (Å²) in [7, 11) is -3.78. The molecule has 2 aromatic rings. The van der Waals surface area contributed by atoms with Crippen LogP contribution in [0.1, 0.15) is 17.8 Å². The molecule has 118 valence electrons.